The van der Waals surface area contributed by atoms with Crippen LogP contribution in [0.5, 0.6) is 0 Å². The van der Waals surface area contributed by atoms with Crippen LogP contribution in [0, 0.1) is 5.82 Å². The van der Waals surface area contributed by atoms with Gasteiger partial charge in [0, 0.05) is 11.6 Å². The van der Waals surface area contributed by atoms with Crippen LogP contribution in [0.25, 0.3) is 11.3 Å². The second-order valence-electron chi connectivity index (χ2n) is 2.53. The molecule has 0 saturated heterocycles. The van der Waals surface area contributed by atoms with Crippen LogP contribution in [0.2, 0.25) is 5.22 Å². The highest BCUT2D eigenvalue weighted by Crippen LogP contribution is 2.21. The van der Waals surface area contributed by atoms with Gasteiger partial charge in [-0.15, -0.1) is 0 Å². The van der Waals surface area contributed by atoms with Gasteiger partial charge < -0.3 is 4.52 Å². The Balaban J connectivity index is 2.46. The Hall–Kier alpha value is -1.35. The summed E-state index contributed by atoms with van der Waals surface area (Å²) in [6, 6.07) is 7.61. The van der Waals surface area contributed by atoms with E-state index in [1.54, 1.807) is 12.1 Å². The molecule has 0 aliphatic carbocycles. The van der Waals surface area contributed by atoms with Crippen LogP contribution >= 0.6 is 11.6 Å². The third-order valence-corrected chi connectivity index (χ3v) is 1.78. The average molecular weight is 198 g/mol. The normalized spacial score (nSPS) is 10.3. The quantitative estimate of drug-likeness (QED) is 0.702. The van der Waals surface area contributed by atoms with Crippen LogP contribution in [0.15, 0.2) is 34.9 Å². The first-order chi connectivity index (χ1) is 6.25. The SMILES string of the molecule is Fc1cccc(-c2cc(Cl)on2)c1. The summed E-state index contributed by atoms with van der Waals surface area (Å²) in [6.07, 6.45) is 0. The van der Waals surface area contributed by atoms with E-state index in [1.165, 1.54) is 18.2 Å². The van der Waals surface area contributed by atoms with Gasteiger partial charge in [0.05, 0.1) is 0 Å². The zero-order chi connectivity index (χ0) is 9.26. The number of rotatable bonds is 1. The second-order valence-corrected chi connectivity index (χ2v) is 2.90. The molecule has 13 heavy (non-hydrogen) atoms. The predicted molar refractivity (Wildman–Crippen MR) is 46.9 cm³/mol. The van der Waals surface area contributed by atoms with Crippen LogP contribution in [0.3, 0.4) is 0 Å². The molecule has 0 atom stereocenters. The molecule has 4 heteroatoms. The highest BCUT2D eigenvalue weighted by Gasteiger charge is 2.04. The lowest BCUT2D eigenvalue weighted by Crippen LogP contribution is -1.78. The fraction of sp³-hybridized carbons (Fsp3) is 0. The molecule has 0 amide bonds. The molecule has 0 bridgehead atoms. The number of halogens is 2. The number of nitrogens with zero attached hydrogens (tertiary/aromatic N) is 1. The molecule has 0 fully saturated rings. The van der Waals surface area contributed by atoms with E-state index in [4.69, 9.17) is 11.6 Å². The summed E-state index contributed by atoms with van der Waals surface area (Å²) in [7, 11) is 0. The Morgan fingerprint density at radius 3 is 2.77 bits per heavy atom. The highest BCUT2D eigenvalue weighted by molar-refractivity contribution is 6.29. The second kappa shape index (κ2) is 3.18. The summed E-state index contributed by atoms with van der Waals surface area (Å²) in [4.78, 5) is 0. The third-order valence-electron chi connectivity index (χ3n) is 1.60. The largest absolute Gasteiger partial charge is 0.344 e. The van der Waals surface area contributed by atoms with Crippen molar-refractivity contribution in [3.8, 4) is 11.3 Å². The molecule has 1 aromatic heterocycles. The van der Waals surface area contributed by atoms with Crippen molar-refractivity contribution in [3.63, 3.8) is 0 Å². The van der Waals surface area contributed by atoms with E-state index in [9.17, 15) is 4.39 Å². The molecule has 2 nitrogen and oxygen atoms in total. The van der Waals surface area contributed by atoms with Crippen LogP contribution in [-0.2, 0) is 0 Å². The molecular weight excluding hydrogens is 193 g/mol. The lowest BCUT2D eigenvalue weighted by Gasteiger charge is -1.93. The summed E-state index contributed by atoms with van der Waals surface area (Å²) in [6.45, 7) is 0. The minimum atomic E-state index is -0.309. The van der Waals surface area contributed by atoms with Gasteiger partial charge >= 0.3 is 0 Å². The molecule has 0 radical (unpaired) electrons. The molecule has 0 saturated carbocycles. The van der Waals surface area contributed by atoms with Crippen LogP contribution < -0.4 is 0 Å². The van der Waals surface area contributed by atoms with Gasteiger partial charge in [-0.25, -0.2) is 4.39 Å². The zero-order valence-corrected chi connectivity index (χ0v) is 7.25. The van der Waals surface area contributed by atoms with Crippen molar-refractivity contribution in [1.82, 2.24) is 5.16 Å². The smallest absolute Gasteiger partial charge is 0.226 e. The molecule has 66 valence electrons. The molecular formula is C9H5ClFNO. The summed E-state index contributed by atoms with van der Waals surface area (Å²) in [5.41, 5.74) is 1.18. The Bertz CT molecular complexity index is 427. The minimum absolute atomic E-state index is 0.194. The Labute approximate surface area is 78.9 Å². The zero-order valence-electron chi connectivity index (χ0n) is 6.50. The lowest BCUT2D eigenvalue weighted by atomic mass is 10.1. The van der Waals surface area contributed by atoms with E-state index in [2.05, 4.69) is 9.68 Å². The fourth-order valence-electron chi connectivity index (χ4n) is 1.04. The van der Waals surface area contributed by atoms with E-state index < -0.39 is 0 Å². The number of hydrogen-bond donors (Lipinski definition) is 0. The Morgan fingerprint density at radius 2 is 2.15 bits per heavy atom. The minimum Gasteiger partial charge on any atom is -0.344 e. The summed E-state index contributed by atoms with van der Waals surface area (Å²) < 4.78 is 17.4. The monoisotopic (exact) mass is 197 g/mol. The first-order valence-electron chi connectivity index (χ1n) is 3.64. The van der Waals surface area contributed by atoms with Crippen LogP contribution in [0.4, 0.5) is 4.39 Å². The van der Waals surface area contributed by atoms with Crippen molar-refractivity contribution >= 4 is 11.6 Å². The van der Waals surface area contributed by atoms with E-state index >= 15 is 0 Å². The lowest BCUT2D eigenvalue weighted by molar-refractivity contribution is 0.424. The molecule has 2 aromatic rings. The van der Waals surface area contributed by atoms with Gasteiger partial charge in [0.1, 0.15) is 11.5 Å². The molecule has 1 heterocycles. The molecule has 0 spiro atoms. The predicted octanol–water partition coefficient (Wildman–Crippen LogP) is 3.13. The van der Waals surface area contributed by atoms with E-state index in [1.807, 2.05) is 0 Å². The molecule has 0 unspecified atom stereocenters. The van der Waals surface area contributed by atoms with Gasteiger partial charge in [-0.1, -0.05) is 17.3 Å². The topological polar surface area (TPSA) is 26.0 Å². The highest BCUT2D eigenvalue weighted by atomic mass is 35.5. The van der Waals surface area contributed by atoms with Crippen molar-refractivity contribution < 1.29 is 8.91 Å². The standard InChI is InChI=1S/C9H5ClFNO/c10-9-5-8(12-13-9)6-2-1-3-7(11)4-6/h1-5H. The van der Waals surface area contributed by atoms with Crippen molar-refractivity contribution in [2.45, 2.75) is 0 Å². The summed E-state index contributed by atoms with van der Waals surface area (Å²) in [5.74, 6) is -0.309. The van der Waals surface area contributed by atoms with Gasteiger partial charge in [0.25, 0.3) is 0 Å². The maximum Gasteiger partial charge on any atom is 0.226 e. The van der Waals surface area contributed by atoms with E-state index in [-0.39, 0.29) is 11.0 Å². The average Bonchev–Trinajstić information content (AvgIpc) is 2.52. The summed E-state index contributed by atoms with van der Waals surface area (Å²) >= 11 is 5.53. The number of aromatic nitrogens is 1. The van der Waals surface area contributed by atoms with Gasteiger partial charge in [-0.3, -0.25) is 0 Å². The van der Waals surface area contributed by atoms with Crippen LogP contribution in [-0.4, -0.2) is 5.16 Å². The van der Waals surface area contributed by atoms with Crippen molar-refractivity contribution in [3.05, 3.63) is 41.4 Å². The fourth-order valence-corrected chi connectivity index (χ4v) is 1.17. The van der Waals surface area contributed by atoms with Crippen molar-refractivity contribution in [2.75, 3.05) is 0 Å². The maximum atomic E-state index is 12.8. The van der Waals surface area contributed by atoms with E-state index in [0.29, 0.717) is 11.3 Å². The Kier molecular flexibility index (Phi) is 2.02. The number of hydrogen-bond acceptors (Lipinski definition) is 2. The van der Waals surface area contributed by atoms with Gasteiger partial charge in [-0.05, 0) is 23.7 Å². The molecule has 0 aliphatic heterocycles. The van der Waals surface area contributed by atoms with Crippen LogP contribution in [0.1, 0.15) is 0 Å². The Morgan fingerprint density at radius 1 is 1.31 bits per heavy atom. The summed E-state index contributed by atoms with van der Waals surface area (Å²) in [5, 5.41) is 3.85. The first kappa shape index (κ1) is 8.26. The van der Waals surface area contributed by atoms with Crippen molar-refractivity contribution in [1.29, 1.82) is 0 Å². The molecule has 1 aromatic carbocycles. The molecule has 0 aliphatic rings. The third kappa shape index (κ3) is 1.70. The van der Waals surface area contributed by atoms with Crippen molar-refractivity contribution in [2.24, 2.45) is 0 Å². The number of benzene rings is 1. The first-order valence-corrected chi connectivity index (χ1v) is 4.01. The van der Waals surface area contributed by atoms with Gasteiger partial charge in [0.2, 0.25) is 5.22 Å². The molecule has 0 N–H and O–H groups in total. The maximum absolute atomic E-state index is 12.8. The van der Waals surface area contributed by atoms with E-state index in [0.717, 1.165) is 0 Å². The molecule has 2 rings (SSSR count). The van der Waals surface area contributed by atoms with Gasteiger partial charge in [-0.2, -0.15) is 0 Å². The van der Waals surface area contributed by atoms with Gasteiger partial charge in [0.15, 0.2) is 0 Å².